The predicted molar refractivity (Wildman–Crippen MR) is 81.2 cm³/mol. The summed E-state index contributed by atoms with van der Waals surface area (Å²) in [6.07, 6.45) is 0. The van der Waals surface area contributed by atoms with Crippen molar-refractivity contribution < 1.29 is 9.53 Å². The number of carbonyl (C=O) groups is 1. The number of anilines is 2. The highest BCUT2D eigenvalue weighted by molar-refractivity contribution is 6.04. The van der Waals surface area contributed by atoms with E-state index in [1.165, 1.54) is 0 Å². The van der Waals surface area contributed by atoms with Crippen LogP contribution in [0.4, 0.5) is 11.4 Å². The van der Waals surface area contributed by atoms with Gasteiger partial charge in [0.05, 0.1) is 6.61 Å². The largest absolute Gasteiger partial charge is 0.494 e. The zero-order valence-corrected chi connectivity index (χ0v) is 11.6. The van der Waals surface area contributed by atoms with E-state index in [2.05, 4.69) is 5.32 Å². The minimum Gasteiger partial charge on any atom is -0.494 e. The second-order valence-electron chi connectivity index (χ2n) is 4.48. The number of nitrogen functional groups attached to an aromatic ring is 1. The predicted octanol–water partition coefficient (Wildman–Crippen LogP) is 3.23. The van der Waals surface area contributed by atoms with Crippen molar-refractivity contribution in [2.45, 2.75) is 13.8 Å². The summed E-state index contributed by atoms with van der Waals surface area (Å²) in [5.74, 6) is 0.631. The van der Waals surface area contributed by atoms with Crippen LogP contribution in [0.15, 0.2) is 42.5 Å². The molecule has 0 bridgehead atoms. The maximum absolute atomic E-state index is 12.1. The van der Waals surface area contributed by atoms with E-state index >= 15 is 0 Å². The summed E-state index contributed by atoms with van der Waals surface area (Å²) in [5, 5.41) is 2.84. The Morgan fingerprint density at radius 2 is 1.90 bits per heavy atom. The quantitative estimate of drug-likeness (QED) is 0.838. The Hall–Kier alpha value is -2.49. The van der Waals surface area contributed by atoms with Crippen LogP contribution in [0.5, 0.6) is 5.75 Å². The molecule has 0 atom stereocenters. The number of nitrogens with one attached hydrogen (secondary N) is 1. The molecule has 0 aromatic heterocycles. The van der Waals surface area contributed by atoms with Gasteiger partial charge in [0, 0.05) is 16.9 Å². The maximum atomic E-state index is 12.1. The third kappa shape index (κ3) is 3.29. The summed E-state index contributed by atoms with van der Waals surface area (Å²) < 4.78 is 5.35. The van der Waals surface area contributed by atoms with Crippen molar-refractivity contribution in [2.24, 2.45) is 0 Å². The monoisotopic (exact) mass is 270 g/mol. The molecule has 20 heavy (non-hydrogen) atoms. The van der Waals surface area contributed by atoms with Crippen LogP contribution >= 0.6 is 0 Å². The van der Waals surface area contributed by atoms with Crippen LogP contribution in [0.2, 0.25) is 0 Å². The van der Waals surface area contributed by atoms with Gasteiger partial charge < -0.3 is 15.8 Å². The Morgan fingerprint density at radius 3 is 2.50 bits per heavy atom. The first-order chi connectivity index (χ1) is 9.60. The van der Waals surface area contributed by atoms with E-state index in [9.17, 15) is 4.79 Å². The molecule has 2 rings (SSSR count). The average Bonchev–Trinajstić information content (AvgIpc) is 2.44. The van der Waals surface area contributed by atoms with Crippen molar-refractivity contribution in [1.82, 2.24) is 0 Å². The summed E-state index contributed by atoms with van der Waals surface area (Å²) in [6, 6.07) is 12.5. The van der Waals surface area contributed by atoms with Crippen molar-refractivity contribution in [3.63, 3.8) is 0 Å². The standard InChI is InChI=1S/C16H18N2O2/c1-3-20-14-7-5-13(6-8-14)18-16(19)12-4-9-15(17)11(2)10-12/h4-10H,3,17H2,1-2H3,(H,18,19). The highest BCUT2D eigenvalue weighted by Gasteiger charge is 2.07. The molecule has 4 heteroatoms. The Kier molecular flexibility index (Phi) is 4.25. The van der Waals surface area contributed by atoms with Gasteiger partial charge in [-0.2, -0.15) is 0 Å². The summed E-state index contributed by atoms with van der Waals surface area (Å²) in [6.45, 7) is 4.43. The van der Waals surface area contributed by atoms with E-state index in [1.807, 2.05) is 38.1 Å². The van der Waals surface area contributed by atoms with Crippen LogP contribution in [0, 0.1) is 6.92 Å². The molecule has 0 saturated carbocycles. The van der Waals surface area contributed by atoms with Crippen molar-refractivity contribution in [3.8, 4) is 5.75 Å². The SMILES string of the molecule is CCOc1ccc(NC(=O)c2ccc(N)c(C)c2)cc1. The lowest BCUT2D eigenvalue weighted by atomic mass is 10.1. The first-order valence-corrected chi connectivity index (χ1v) is 6.50. The molecule has 0 unspecified atom stereocenters. The molecule has 0 aliphatic heterocycles. The molecule has 0 aliphatic carbocycles. The second-order valence-corrected chi connectivity index (χ2v) is 4.48. The highest BCUT2D eigenvalue weighted by Crippen LogP contribution is 2.18. The number of hydrogen-bond acceptors (Lipinski definition) is 3. The van der Waals surface area contributed by atoms with Gasteiger partial charge in [-0.25, -0.2) is 0 Å². The minimum absolute atomic E-state index is 0.155. The number of rotatable bonds is 4. The van der Waals surface area contributed by atoms with Gasteiger partial charge in [0.2, 0.25) is 0 Å². The fraction of sp³-hybridized carbons (Fsp3) is 0.188. The van der Waals surface area contributed by atoms with Gasteiger partial charge >= 0.3 is 0 Å². The highest BCUT2D eigenvalue weighted by atomic mass is 16.5. The van der Waals surface area contributed by atoms with Gasteiger partial charge in [-0.15, -0.1) is 0 Å². The van der Waals surface area contributed by atoms with E-state index < -0.39 is 0 Å². The third-order valence-corrected chi connectivity index (χ3v) is 2.96. The summed E-state index contributed by atoms with van der Waals surface area (Å²) in [4.78, 5) is 12.1. The van der Waals surface area contributed by atoms with Gasteiger partial charge in [-0.1, -0.05) is 0 Å². The van der Waals surface area contributed by atoms with Crippen molar-refractivity contribution in [3.05, 3.63) is 53.6 Å². The van der Waals surface area contributed by atoms with Gasteiger partial charge in [0.25, 0.3) is 5.91 Å². The Bertz CT molecular complexity index is 606. The molecule has 0 saturated heterocycles. The van der Waals surface area contributed by atoms with Crippen molar-refractivity contribution >= 4 is 17.3 Å². The molecule has 0 aliphatic rings. The third-order valence-electron chi connectivity index (χ3n) is 2.96. The van der Waals surface area contributed by atoms with Crippen LogP contribution in [-0.2, 0) is 0 Å². The van der Waals surface area contributed by atoms with E-state index in [1.54, 1.807) is 18.2 Å². The molecule has 4 nitrogen and oxygen atoms in total. The Balaban J connectivity index is 2.08. The van der Waals surface area contributed by atoms with Crippen LogP contribution in [0.3, 0.4) is 0 Å². The maximum Gasteiger partial charge on any atom is 0.255 e. The van der Waals surface area contributed by atoms with Gasteiger partial charge in [-0.05, 0) is 61.9 Å². The van der Waals surface area contributed by atoms with Crippen LogP contribution in [-0.4, -0.2) is 12.5 Å². The molecule has 1 amide bonds. The Morgan fingerprint density at radius 1 is 1.20 bits per heavy atom. The molecule has 2 aromatic carbocycles. The van der Waals surface area contributed by atoms with Crippen LogP contribution < -0.4 is 15.8 Å². The van der Waals surface area contributed by atoms with E-state index in [4.69, 9.17) is 10.5 Å². The smallest absolute Gasteiger partial charge is 0.255 e. The van der Waals surface area contributed by atoms with E-state index in [-0.39, 0.29) is 5.91 Å². The number of amides is 1. The molecule has 3 N–H and O–H groups in total. The summed E-state index contributed by atoms with van der Waals surface area (Å²) >= 11 is 0. The lowest BCUT2D eigenvalue weighted by Gasteiger charge is -2.08. The zero-order valence-electron chi connectivity index (χ0n) is 11.6. The van der Waals surface area contributed by atoms with Crippen LogP contribution in [0.1, 0.15) is 22.8 Å². The van der Waals surface area contributed by atoms with Gasteiger partial charge in [0.1, 0.15) is 5.75 Å². The topological polar surface area (TPSA) is 64.3 Å². The van der Waals surface area contributed by atoms with E-state index in [0.29, 0.717) is 17.9 Å². The van der Waals surface area contributed by atoms with Crippen molar-refractivity contribution in [1.29, 1.82) is 0 Å². The zero-order chi connectivity index (χ0) is 14.5. The first-order valence-electron chi connectivity index (χ1n) is 6.50. The Labute approximate surface area is 118 Å². The fourth-order valence-corrected chi connectivity index (χ4v) is 1.82. The molecular formula is C16H18N2O2. The lowest BCUT2D eigenvalue weighted by Crippen LogP contribution is -2.12. The number of hydrogen-bond donors (Lipinski definition) is 2. The molecule has 0 spiro atoms. The first kappa shape index (κ1) is 13.9. The average molecular weight is 270 g/mol. The molecule has 2 aromatic rings. The van der Waals surface area contributed by atoms with Crippen molar-refractivity contribution in [2.75, 3.05) is 17.7 Å². The number of ether oxygens (including phenoxy) is 1. The number of benzene rings is 2. The normalized spacial score (nSPS) is 10.1. The minimum atomic E-state index is -0.155. The van der Waals surface area contributed by atoms with E-state index in [0.717, 1.165) is 17.0 Å². The second kappa shape index (κ2) is 6.10. The molecule has 104 valence electrons. The fourth-order valence-electron chi connectivity index (χ4n) is 1.82. The molecule has 0 fully saturated rings. The number of aryl methyl sites for hydroxylation is 1. The summed E-state index contributed by atoms with van der Waals surface area (Å²) in [7, 11) is 0. The molecular weight excluding hydrogens is 252 g/mol. The molecule has 0 radical (unpaired) electrons. The lowest BCUT2D eigenvalue weighted by molar-refractivity contribution is 0.102. The number of nitrogens with two attached hydrogens (primary N) is 1. The van der Waals surface area contributed by atoms with Gasteiger partial charge in [-0.3, -0.25) is 4.79 Å². The summed E-state index contributed by atoms with van der Waals surface area (Å²) in [5.41, 5.74) is 8.63. The van der Waals surface area contributed by atoms with Crippen LogP contribution in [0.25, 0.3) is 0 Å². The number of carbonyl (C=O) groups excluding carboxylic acids is 1. The van der Waals surface area contributed by atoms with Gasteiger partial charge in [0.15, 0.2) is 0 Å². The molecule has 0 heterocycles.